The van der Waals surface area contributed by atoms with Crippen LogP contribution in [-0.4, -0.2) is 42.7 Å². The van der Waals surface area contributed by atoms with Gasteiger partial charge >= 0.3 is 6.03 Å². The van der Waals surface area contributed by atoms with E-state index in [2.05, 4.69) is 10.6 Å². The van der Waals surface area contributed by atoms with Crippen molar-refractivity contribution in [3.05, 3.63) is 71.8 Å². The van der Waals surface area contributed by atoms with Crippen LogP contribution in [0.4, 0.5) is 4.79 Å². The summed E-state index contributed by atoms with van der Waals surface area (Å²) in [7, 11) is 0. The molecule has 1 aliphatic carbocycles. The molecule has 0 radical (unpaired) electrons. The Morgan fingerprint density at radius 1 is 0.941 bits per heavy atom. The minimum absolute atomic E-state index is 0.00156. The average molecular weight is 467 g/mol. The third kappa shape index (κ3) is 5.80. The fourth-order valence-corrected chi connectivity index (χ4v) is 5.39. The van der Waals surface area contributed by atoms with E-state index in [-0.39, 0.29) is 24.3 Å². The molecule has 1 aliphatic heterocycles. The highest BCUT2D eigenvalue weighted by atomic mass is 16.7. The van der Waals surface area contributed by atoms with Gasteiger partial charge in [-0.25, -0.2) is 4.79 Å². The summed E-state index contributed by atoms with van der Waals surface area (Å²) in [5.41, 5.74) is 0.168. The molecule has 0 unspecified atom stereocenters. The van der Waals surface area contributed by atoms with Crippen LogP contribution in [0.15, 0.2) is 60.7 Å². The van der Waals surface area contributed by atoms with Crippen molar-refractivity contribution in [3.8, 4) is 0 Å². The van der Waals surface area contributed by atoms with Crippen molar-refractivity contribution < 1.29 is 19.4 Å². The standard InChI is InChI=1S/C28H38N2O4/c1-20(2)26(28(32,22-9-5-3-6-10-22)23-11-7-4-8-12-23)30-27(31)29-24-15-13-21(14-16-24)19-25-33-17-18-34-25/h3-12,20-21,24-26,32H,13-19H2,1-2H3,(H2,29,30,31)/t21-,24-,26-/m1/s1. The Morgan fingerprint density at radius 3 is 1.97 bits per heavy atom. The van der Waals surface area contributed by atoms with Crippen molar-refractivity contribution >= 4 is 6.03 Å². The summed E-state index contributed by atoms with van der Waals surface area (Å²) in [5.74, 6) is 0.576. The maximum absolute atomic E-state index is 13.1. The van der Waals surface area contributed by atoms with Gasteiger partial charge in [0.15, 0.2) is 6.29 Å². The van der Waals surface area contributed by atoms with E-state index >= 15 is 0 Å². The lowest BCUT2D eigenvalue weighted by Crippen LogP contribution is -2.57. The summed E-state index contributed by atoms with van der Waals surface area (Å²) in [6, 6.07) is 18.6. The number of benzene rings is 2. The number of rotatable bonds is 8. The topological polar surface area (TPSA) is 79.8 Å². The fraction of sp³-hybridized carbons (Fsp3) is 0.536. The summed E-state index contributed by atoms with van der Waals surface area (Å²) >= 11 is 0. The molecule has 2 aromatic rings. The highest BCUT2D eigenvalue weighted by Crippen LogP contribution is 2.36. The van der Waals surface area contributed by atoms with Crippen LogP contribution in [0.5, 0.6) is 0 Å². The molecule has 3 N–H and O–H groups in total. The molecule has 1 saturated carbocycles. The van der Waals surface area contributed by atoms with Gasteiger partial charge in [0.2, 0.25) is 0 Å². The lowest BCUT2D eigenvalue weighted by molar-refractivity contribution is -0.0601. The van der Waals surface area contributed by atoms with E-state index in [1.807, 2.05) is 74.5 Å². The Labute approximate surface area is 203 Å². The molecule has 2 amide bonds. The highest BCUT2D eigenvalue weighted by molar-refractivity contribution is 5.75. The second kappa shape index (κ2) is 11.3. The summed E-state index contributed by atoms with van der Waals surface area (Å²) in [6.07, 6.45) is 4.88. The number of urea groups is 1. The largest absolute Gasteiger partial charge is 0.378 e. The molecule has 0 aromatic heterocycles. The normalized spacial score (nSPS) is 22.5. The van der Waals surface area contributed by atoms with Crippen LogP contribution in [0.25, 0.3) is 0 Å². The number of hydrogen-bond donors (Lipinski definition) is 3. The van der Waals surface area contributed by atoms with Gasteiger partial charge in [-0.1, -0.05) is 74.5 Å². The third-order valence-electron chi connectivity index (χ3n) is 7.23. The molecule has 0 bridgehead atoms. The summed E-state index contributed by atoms with van der Waals surface area (Å²) in [5, 5.41) is 18.4. The minimum atomic E-state index is -1.35. The van der Waals surface area contributed by atoms with E-state index in [4.69, 9.17) is 9.47 Å². The number of hydrogen-bond acceptors (Lipinski definition) is 4. The predicted molar refractivity (Wildman–Crippen MR) is 132 cm³/mol. The van der Waals surface area contributed by atoms with Crippen molar-refractivity contribution in [2.75, 3.05) is 13.2 Å². The average Bonchev–Trinajstić information content (AvgIpc) is 3.37. The highest BCUT2D eigenvalue weighted by Gasteiger charge is 2.43. The van der Waals surface area contributed by atoms with Crippen molar-refractivity contribution in [3.63, 3.8) is 0 Å². The van der Waals surface area contributed by atoms with Gasteiger partial charge in [-0.3, -0.25) is 0 Å². The second-order valence-electron chi connectivity index (χ2n) is 9.96. The molecular formula is C28H38N2O4. The van der Waals surface area contributed by atoms with Gasteiger partial charge in [-0.05, 0) is 48.6 Å². The van der Waals surface area contributed by atoms with Crippen LogP contribution in [0.3, 0.4) is 0 Å². The van der Waals surface area contributed by atoms with Gasteiger partial charge in [0.1, 0.15) is 5.60 Å². The first-order valence-corrected chi connectivity index (χ1v) is 12.6. The van der Waals surface area contributed by atoms with Gasteiger partial charge in [-0.2, -0.15) is 0 Å². The van der Waals surface area contributed by atoms with Crippen LogP contribution < -0.4 is 10.6 Å². The van der Waals surface area contributed by atoms with Crippen molar-refractivity contribution in [1.82, 2.24) is 10.6 Å². The van der Waals surface area contributed by atoms with Crippen LogP contribution in [0.1, 0.15) is 57.1 Å². The molecule has 0 spiro atoms. The monoisotopic (exact) mass is 466 g/mol. The molecule has 4 rings (SSSR count). The second-order valence-corrected chi connectivity index (χ2v) is 9.96. The summed E-state index contributed by atoms with van der Waals surface area (Å²) in [6.45, 7) is 5.44. The molecule has 6 heteroatoms. The Bertz CT molecular complexity index is 852. The number of nitrogens with one attached hydrogen (secondary N) is 2. The van der Waals surface area contributed by atoms with Crippen LogP contribution in [0, 0.1) is 11.8 Å². The molecule has 6 nitrogen and oxygen atoms in total. The zero-order chi connectivity index (χ0) is 24.0. The van der Waals surface area contributed by atoms with Gasteiger partial charge < -0.3 is 25.2 Å². The number of aliphatic hydroxyl groups is 1. The summed E-state index contributed by atoms with van der Waals surface area (Å²) in [4.78, 5) is 13.1. The Hall–Kier alpha value is -2.41. The Morgan fingerprint density at radius 2 is 1.47 bits per heavy atom. The van der Waals surface area contributed by atoms with Crippen molar-refractivity contribution in [2.45, 2.75) is 69.9 Å². The smallest absolute Gasteiger partial charge is 0.315 e. The molecule has 2 aromatic carbocycles. The molecule has 1 saturated heterocycles. The van der Waals surface area contributed by atoms with Crippen LogP contribution >= 0.6 is 0 Å². The maximum atomic E-state index is 13.1. The van der Waals surface area contributed by atoms with Crippen molar-refractivity contribution in [2.24, 2.45) is 11.8 Å². The van der Waals surface area contributed by atoms with Crippen molar-refractivity contribution in [1.29, 1.82) is 0 Å². The van der Waals surface area contributed by atoms with Crippen LogP contribution in [-0.2, 0) is 15.1 Å². The molecule has 2 aliphatic rings. The lowest BCUT2D eigenvalue weighted by atomic mass is 9.76. The molecule has 184 valence electrons. The number of carbonyl (C=O) groups is 1. The van der Waals surface area contributed by atoms with Crippen LogP contribution in [0.2, 0.25) is 0 Å². The molecule has 1 atom stereocenters. The Kier molecular flexibility index (Phi) is 8.24. The Balaban J connectivity index is 1.42. The van der Waals surface area contributed by atoms with E-state index in [0.29, 0.717) is 19.1 Å². The first-order chi connectivity index (χ1) is 16.5. The fourth-order valence-electron chi connectivity index (χ4n) is 5.39. The minimum Gasteiger partial charge on any atom is -0.378 e. The van der Waals surface area contributed by atoms with E-state index in [1.54, 1.807) is 0 Å². The predicted octanol–water partition coefficient (Wildman–Crippen LogP) is 4.57. The first kappa shape index (κ1) is 24.7. The molecule has 2 fully saturated rings. The number of ether oxygens (including phenoxy) is 2. The van der Waals surface area contributed by atoms with E-state index < -0.39 is 11.6 Å². The van der Waals surface area contributed by atoms with E-state index in [9.17, 15) is 9.90 Å². The lowest BCUT2D eigenvalue weighted by Gasteiger charge is -2.40. The number of carbonyl (C=O) groups excluding carboxylic acids is 1. The van der Waals surface area contributed by atoms with Gasteiger partial charge in [0, 0.05) is 12.5 Å². The quantitative estimate of drug-likeness (QED) is 0.533. The van der Waals surface area contributed by atoms with Gasteiger partial charge in [0.25, 0.3) is 0 Å². The van der Waals surface area contributed by atoms with Gasteiger partial charge in [-0.15, -0.1) is 0 Å². The molecule has 1 heterocycles. The maximum Gasteiger partial charge on any atom is 0.315 e. The number of amides is 2. The molecule has 34 heavy (non-hydrogen) atoms. The van der Waals surface area contributed by atoms with E-state index in [1.165, 1.54) is 0 Å². The summed E-state index contributed by atoms with van der Waals surface area (Å²) < 4.78 is 11.2. The molecular weight excluding hydrogens is 428 g/mol. The first-order valence-electron chi connectivity index (χ1n) is 12.6. The zero-order valence-electron chi connectivity index (χ0n) is 20.3. The van der Waals surface area contributed by atoms with E-state index in [0.717, 1.165) is 43.2 Å². The van der Waals surface area contributed by atoms with Gasteiger partial charge in [0.05, 0.1) is 19.3 Å². The third-order valence-corrected chi connectivity index (χ3v) is 7.23. The SMILES string of the molecule is CC(C)[C@@H](NC(=O)N[C@H]1CC[C@H](CC2OCCO2)CC1)C(O)(c1ccccc1)c1ccccc1. The zero-order valence-corrected chi connectivity index (χ0v) is 20.3.